The Kier molecular flexibility index (Phi) is 6.92. The van der Waals surface area contributed by atoms with Gasteiger partial charge in [-0.15, -0.1) is 0 Å². The van der Waals surface area contributed by atoms with Crippen molar-refractivity contribution in [1.29, 1.82) is 0 Å². The molecule has 0 aromatic heterocycles. The first-order valence-corrected chi connectivity index (χ1v) is 7.29. The Labute approximate surface area is 126 Å². The van der Waals surface area contributed by atoms with E-state index in [1.165, 1.54) is 19.3 Å². The lowest BCUT2D eigenvalue weighted by Crippen LogP contribution is -2.47. The molecule has 1 saturated heterocycles. The molecule has 3 aliphatic rings. The molecule has 3 rings (SSSR count). The lowest BCUT2D eigenvalue weighted by molar-refractivity contribution is -0.192. The van der Waals surface area contributed by atoms with Crippen molar-refractivity contribution >= 4 is 11.9 Å². The van der Waals surface area contributed by atoms with Crippen molar-refractivity contribution in [1.82, 2.24) is 5.32 Å². The number of alkyl halides is 3. The molecule has 128 valence electrons. The van der Waals surface area contributed by atoms with Crippen LogP contribution in [-0.2, 0) is 9.53 Å². The van der Waals surface area contributed by atoms with E-state index in [0.29, 0.717) is 18.1 Å². The van der Waals surface area contributed by atoms with Gasteiger partial charge in [0.25, 0.3) is 0 Å². The van der Waals surface area contributed by atoms with Gasteiger partial charge in [-0.1, -0.05) is 26.2 Å². The number of unbranched alkanes of at least 4 members (excludes halogenated alkanes) is 2. The van der Waals surface area contributed by atoms with Crippen LogP contribution in [0.1, 0.15) is 45.4 Å². The van der Waals surface area contributed by atoms with E-state index in [2.05, 4.69) is 17.2 Å². The zero-order chi connectivity index (χ0) is 16.8. The lowest BCUT2D eigenvalue weighted by atomic mass is 9.97. The van der Waals surface area contributed by atoms with E-state index in [0.717, 1.165) is 19.3 Å². The minimum Gasteiger partial charge on any atom is -0.475 e. The number of aliphatic carboxylic acids is 1. The fourth-order valence-electron chi connectivity index (χ4n) is 2.38. The molecule has 0 aliphatic carbocycles. The highest BCUT2D eigenvalue weighted by Gasteiger charge is 2.38. The van der Waals surface area contributed by atoms with E-state index in [1.54, 1.807) is 0 Å². The molecule has 0 aromatic rings. The van der Waals surface area contributed by atoms with E-state index in [9.17, 15) is 13.2 Å². The van der Waals surface area contributed by atoms with Crippen LogP contribution < -0.4 is 11.1 Å². The molecule has 1 fully saturated rings. The molecule has 6 nitrogen and oxygen atoms in total. The van der Waals surface area contributed by atoms with Gasteiger partial charge in [-0.2, -0.15) is 13.2 Å². The number of carboxylic acids is 1. The van der Waals surface area contributed by atoms with Crippen LogP contribution in [0.4, 0.5) is 13.2 Å². The summed E-state index contributed by atoms with van der Waals surface area (Å²) in [6.07, 6.45) is 2.27. The van der Waals surface area contributed by atoms with Crippen LogP contribution in [-0.4, -0.2) is 41.6 Å². The van der Waals surface area contributed by atoms with Gasteiger partial charge in [0.1, 0.15) is 0 Å². The maximum absolute atomic E-state index is 10.6. The van der Waals surface area contributed by atoms with Crippen LogP contribution in [0.5, 0.6) is 0 Å². The fourth-order valence-corrected chi connectivity index (χ4v) is 2.38. The summed E-state index contributed by atoms with van der Waals surface area (Å²) in [5.41, 5.74) is 5.73. The first-order chi connectivity index (χ1) is 10.2. The zero-order valence-corrected chi connectivity index (χ0v) is 12.4. The van der Waals surface area contributed by atoms with Gasteiger partial charge in [0.2, 0.25) is 0 Å². The normalized spacial score (nSPS) is 27.1. The quantitative estimate of drug-likeness (QED) is 0.687. The molecule has 4 N–H and O–H groups in total. The van der Waals surface area contributed by atoms with Crippen molar-refractivity contribution in [3.8, 4) is 0 Å². The monoisotopic (exact) mass is 325 g/mol. The molecule has 0 saturated carbocycles. The first-order valence-electron chi connectivity index (χ1n) is 7.29. The molecule has 0 spiro atoms. The van der Waals surface area contributed by atoms with Crippen molar-refractivity contribution in [2.24, 2.45) is 10.7 Å². The number of rotatable bonds is 4. The van der Waals surface area contributed by atoms with Crippen LogP contribution in [0.25, 0.3) is 0 Å². The summed E-state index contributed by atoms with van der Waals surface area (Å²) in [5.74, 6) is -2.20. The van der Waals surface area contributed by atoms with Crippen molar-refractivity contribution in [3.05, 3.63) is 0 Å². The van der Waals surface area contributed by atoms with Crippen LogP contribution >= 0.6 is 0 Å². The number of hydrogen-bond donors (Lipinski definition) is 3. The third-order valence-electron chi connectivity index (χ3n) is 3.46. The van der Waals surface area contributed by atoms with Crippen molar-refractivity contribution in [2.45, 2.75) is 70.0 Å². The van der Waals surface area contributed by atoms with Crippen molar-refractivity contribution < 1.29 is 27.8 Å². The number of fused-ring (bicyclic) bond motifs is 3. The van der Waals surface area contributed by atoms with E-state index < -0.39 is 12.1 Å². The predicted molar refractivity (Wildman–Crippen MR) is 74.3 cm³/mol. The molecule has 3 atom stereocenters. The van der Waals surface area contributed by atoms with Crippen LogP contribution in [0.15, 0.2) is 4.99 Å². The Balaban J connectivity index is 0.000000295. The van der Waals surface area contributed by atoms with Gasteiger partial charge in [0, 0.05) is 0 Å². The maximum Gasteiger partial charge on any atom is 0.490 e. The van der Waals surface area contributed by atoms with Gasteiger partial charge in [-0.25, -0.2) is 9.79 Å². The number of hydrogen-bond acceptors (Lipinski definition) is 5. The van der Waals surface area contributed by atoms with E-state index >= 15 is 0 Å². The second-order valence-electron chi connectivity index (χ2n) is 5.27. The molecule has 2 bridgehead atoms. The van der Waals surface area contributed by atoms with Crippen LogP contribution in [0.2, 0.25) is 0 Å². The van der Waals surface area contributed by atoms with Gasteiger partial charge < -0.3 is 20.9 Å². The summed E-state index contributed by atoms with van der Waals surface area (Å²) in [5, 5.41) is 10.4. The van der Waals surface area contributed by atoms with Gasteiger partial charge in [0.15, 0.2) is 12.2 Å². The summed E-state index contributed by atoms with van der Waals surface area (Å²) < 4.78 is 37.6. The third-order valence-corrected chi connectivity index (χ3v) is 3.46. The summed E-state index contributed by atoms with van der Waals surface area (Å²) in [6, 6.07) is 0.379. The number of halogens is 3. The molecule has 0 amide bonds. The number of aliphatic imine (C=N–C) groups is 1. The Morgan fingerprint density at radius 1 is 1.45 bits per heavy atom. The summed E-state index contributed by atoms with van der Waals surface area (Å²) in [7, 11) is 0. The Hall–Kier alpha value is -1.51. The predicted octanol–water partition coefficient (Wildman–Crippen LogP) is 1.99. The number of carbonyl (C=O) groups is 1. The smallest absolute Gasteiger partial charge is 0.475 e. The maximum atomic E-state index is 10.6. The van der Waals surface area contributed by atoms with Crippen LogP contribution in [0.3, 0.4) is 0 Å². The van der Waals surface area contributed by atoms with Crippen molar-refractivity contribution in [2.75, 3.05) is 0 Å². The molecule has 22 heavy (non-hydrogen) atoms. The second kappa shape index (κ2) is 8.21. The highest BCUT2D eigenvalue weighted by molar-refractivity contribution is 5.78. The minimum absolute atomic E-state index is 0.00266. The number of nitrogens with two attached hydrogens (primary N) is 1. The van der Waals surface area contributed by atoms with Crippen molar-refractivity contribution in [3.63, 3.8) is 0 Å². The molecule has 9 heteroatoms. The highest BCUT2D eigenvalue weighted by atomic mass is 19.4. The average Bonchev–Trinajstić information content (AvgIpc) is 2.67. The number of carboxylic acid groups (broad SMARTS) is 1. The largest absolute Gasteiger partial charge is 0.490 e. The molecule has 0 aromatic carbocycles. The second-order valence-corrected chi connectivity index (χ2v) is 5.27. The standard InChI is InChI=1S/C11H21N3O.C2HF3O2/c1-2-3-4-5-9-8-6-7-10(15-9)14-11(12)13-8;3-2(4,5)1(6)7/h8-10H,2-7H2,1H3,(H3,12,13,14);(H,6,7)/t8-,9?,10-;/m1./s1. The molecule has 3 aliphatic heterocycles. The molecular weight excluding hydrogens is 303 g/mol. The Morgan fingerprint density at radius 2 is 2.09 bits per heavy atom. The third kappa shape index (κ3) is 6.08. The van der Waals surface area contributed by atoms with E-state index in [-0.39, 0.29) is 6.23 Å². The molecule has 1 unspecified atom stereocenters. The lowest BCUT2D eigenvalue weighted by Gasteiger charge is -2.32. The molecule has 3 heterocycles. The molecule has 0 radical (unpaired) electrons. The van der Waals surface area contributed by atoms with E-state index in [4.69, 9.17) is 20.4 Å². The minimum atomic E-state index is -5.08. The number of guanidine groups is 1. The Bertz CT molecular complexity index is 402. The van der Waals surface area contributed by atoms with Gasteiger partial charge in [0.05, 0.1) is 12.1 Å². The summed E-state index contributed by atoms with van der Waals surface area (Å²) in [4.78, 5) is 13.2. The average molecular weight is 325 g/mol. The first kappa shape index (κ1) is 18.5. The highest BCUT2D eigenvalue weighted by Crippen LogP contribution is 2.26. The van der Waals surface area contributed by atoms with E-state index in [1.807, 2.05) is 0 Å². The van der Waals surface area contributed by atoms with Gasteiger partial charge in [-0.05, 0) is 19.3 Å². The zero-order valence-electron chi connectivity index (χ0n) is 12.4. The SMILES string of the molecule is CCCCCC1O[C@@H]2CC[C@H]1NC(N)=N2.O=C(O)C(F)(F)F. The molecular formula is C13H22F3N3O3. The summed E-state index contributed by atoms with van der Waals surface area (Å²) in [6.45, 7) is 2.22. The number of nitrogens with zero attached hydrogens (tertiary/aromatic N) is 1. The van der Waals surface area contributed by atoms with Crippen LogP contribution in [0, 0.1) is 0 Å². The fraction of sp³-hybridized carbons (Fsp3) is 0.846. The topological polar surface area (TPSA) is 96.9 Å². The van der Waals surface area contributed by atoms with Gasteiger partial charge >= 0.3 is 12.1 Å². The number of ether oxygens (including phenoxy) is 1. The number of nitrogens with one attached hydrogen (secondary N) is 1. The summed E-state index contributed by atoms with van der Waals surface area (Å²) >= 11 is 0. The Morgan fingerprint density at radius 3 is 2.64 bits per heavy atom. The van der Waals surface area contributed by atoms with Gasteiger partial charge in [-0.3, -0.25) is 0 Å².